The van der Waals surface area contributed by atoms with Crippen LogP contribution in [-0.2, 0) is 27.5 Å². The molecule has 0 aromatic heterocycles. The van der Waals surface area contributed by atoms with Crippen LogP contribution in [0.5, 0.6) is 5.75 Å². The molecule has 2 atom stereocenters. The maximum Gasteiger partial charge on any atom is 0.416 e. The second-order valence-electron chi connectivity index (χ2n) is 10.8. The number of alkyl halides is 3. The van der Waals surface area contributed by atoms with E-state index in [-0.39, 0.29) is 12.5 Å². The number of nitrogens with one attached hydrogen (secondary N) is 3. The topological polar surface area (TPSA) is 96.5 Å². The van der Waals surface area contributed by atoms with Crippen LogP contribution < -0.4 is 20.1 Å². The Morgan fingerprint density at radius 2 is 1.71 bits per heavy atom. The van der Waals surface area contributed by atoms with Gasteiger partial charge in [0.15, 0.2) is 0 Å². The maximum atomic E-state index is 13.3. The van der Waals surface area contributed by atoms with Gasteiger partial charge in [0.2, 0.25) is 15.9 Å². The van der Waals surface area contributed by atoms with E-state index in [2.05, 4.69) is 15.4 Å². The summed E-state index contributed by atoms with van der Waals surface area (Å²) in [5.41, 5.74) is 1.38. The number of fused-ring (bicyclic) bond motifs is 1. The van der Waals surface area contributed by atoms with Gasteiger partial charge >= 0.3 is 6.18 Å². The van der Waals surface area contributed by atoms with Crippen molar-refractivity contribution < 1.29 is 31.1 Å². The molecular weight excluding hydrogens is 567 g/mol. The minimum absolute atomic E-state index is 0.252. The van der Waals surface area contributed by atoms with E-state index in [1.807, 2.05) is 18.2 Å². The van der Waals surface area contributed by atoms with Crippen LogP contribution in [0.3, 0.4) is 0 Å². The molecule has 0 bridgehead atoms. The second-order valence-corrected chi connectivity index (χ2v) is 12.5. The fourth-order valence-corrected chi connectivity index (χ4v) is 6.80. The van der Waals surface area contributed by atoms with Gasteiger partial charge in [-0.25, -0.2) is 13.1 Å². The second kappa shape index (κ2) is 12.8. The highest BCUT2D eigenvalue weighted by molar-refractivity contribution is 7.89. The minimum Gasteiger partial charge on any atom is -0.493 e. The zero-order valence-electron chi connectivity index (χ0n) is 23.0. The molecular formula is C31H34F3N3O4S. The van der Waals surface area contributed by atoms with E-state index in [0.717, 1.165) is 35.9 Å². The van der Waals surface area contributed by atoms with E-state index < -0.39 is 38.6 Å². The highest BCUT2D eigenvalue weighted by atomic mass is 32.2. The highest BCUT2D eigenvalue weighted by Gasteiger charge is 2.33. The van der Waals surface area contributed by atoms with E-state index in [4.69, 9.17) is 4.74 Å². The molecule has 2 aliphatic rings. The number of sulfonamides is 1. The van der Waals surface area contributed by atoms with Crippen molar-refractivity contribution in [3.05, 3.63) is 95.1 Å². The highest BCUT2D eigenvalue weighted by Crippen LogP contribution is 2.34. The quantitative estimate of drug-likeness (QED) is 0.274. The van der Waals surface area contributed by atoms with Crippen LogP contribution in [0.2, 0.25) is 0 Å². The molecule has 0 spiro atoms. The lowest BCUT2D eigenvalue weighted by atomic mass is 9.97. The van der Waals surface area contributed by atoms with Crippen molar-refractivity contribution in [3.8, 4) is 5.75 Å². The molecule has 42 heavy (non-hydrogen) atoms. The van der Waals surface area contributed by atoms with Gasteiger partial charge in [-0.1, -0.05) is 61.4 Å². The van der Waals surface area contributed by atoms with Crippen molar-refractivity contribution in [2.75, 3.05) is 6.61 Å². The largest absolute Gasteiger partial charge is 0.493 e. The molecule has 1 saturated carbocycles. The van der Waals surface area contributed by atoms with Crippen molar-refractivity contribution in [2.45, 2.75) is 74.3 Å². The third kappa shape index (κ3) is 7.50. The van der Waals surface area contributed by atoms with E-state index >= 15 is 0 Å². The Morgan fingerprint density at radius 1 is 0.952 bits per heavy atom. The molecule has 1 aliphatic heterocycles. The average molecular weight is 602 g/mol. The van der Waals surface area contributed by atoms with Gasteiger partial charge in [-0.2, -0.15) is 13.2 Å². The summed E-state index contributed by atoms with van der Waals surface area (Å²) in [6.07, 6.45) is 0.486. The number of amides is 1. The van der Waals surface area contributed by atoms with E-state index in [0.29, 0.717) is 36.4 Å². The summed E-state index contributed by atoms with van der Waals surface area (Å²) in [5.74, 6) is 0.308. The summed E-state index contributed by atoms with van der Waals surface area (Å²) in [6, 6.07) is 17.2. The molecule has 7 nitrogen and oxygen atoms in total. The van der Waals surface area contributed by atoms with Gasteiger partial charge in [0.25, 0.3) is 0 Å². The van der Waals surface area contributed by atoms with Crippen LogP contribution in [0.4, 0.5) is 13.2 Å². The van der Waals surface area contributed by atoms with Crippen molar-refractivity contribution >= 4 is 15.9 Å². The van der Waals surface area contributed by atoms with Gasteiger partial charge in [0.05, 0.1) is 29.1 Å². The molecule has 224 valence electrons. The fourth-order valence-electron chi connectivity index (χ4n) is 5.53. The van der Waals surface area contributed by atoms with Gasteiger partial charge in [0, 0.05) is 31.0 Å². The van der Waals surface area contributed by atoms with Crippen LogP contribution >= 0.6 is 0 Å². The number of ether oxygens (including phenoxy) is 1. The molecule has 1 fully saturated rings. The molecule has 1 unspecified atom stereocenters. The third-order valence-electron chi connectivity index (χ3n) is 7.76. The number of hydrogen-bond donors (Lipinski definition) is 3. The van der Waals surface area contributed by atoms with Gasteiger partial charge in [-0.05, 0) is 48.2 Å². The molecule has 1 amide bonds. The van der Waals surface area contributed by atoms with Crippen molar-refractivity contribution in [3.63, 3.8) is 0 Å². The monoisotopic (exact) mass is 601 g/mol. The van der Waals surface area contributed by atoms with Crippen LogP contribution in [-0.4, -0.2) is 27.0 Å². The molecule has 3 N–H and O–H groups in total. The van der Waals surface area contributed by atoms with E-state index in [1.165, 1.54) is 25.7 Å². The Hall–Kier alpha value is -3.41. The van der Waals surface area contributed by atoms with E-state index in [9.17, 15) is 26.4 Å². The summed E-state index contributed by atoms with van der Waals surface area (Å²) in [5, 5.41) is 6.60. The maximum absolute atomic E-state index is 13.3. The SMILES string of the molecule is O=C(C[C@@H](NS(=O)(=O)c1cccc(C(F)(F)F)c1)c1ccccc1)NC1CCOc2cc(CNC3CCCC3)ccc21. The molecule has 1 aliphatic carbocycles. The summed E-state index contributed by atoms with van der Waals surface area (Å²) < 4.78 is 74.4. The van der Waals surface area contributed by atoms with E-state index in [1.54, 1.807) is 30.3 Å². The van der Waals surface area contributed by atoms with Gasteiger partial charge in [-0.3, -0.25) is 4.79 Å². The number of halogens is 3. The first-order chi connectivity index (χ1) is 20.1. The summed E-state index contributed by atoms with van der Waals surface area (Å²) in [6.45, 7) is 1.16. The molecule has 11 heteroatoms. The zero-order chi connectivity index (χ0) is 29.7. The van der Waals surface area contributed by atoms with Crippen molar-refractivity contribution in [1.29, 1.82) is 0 Å². The fraction of sp³-hybridized carbons (Fsp3) is 0.387. The standard InChI is InChI=1S/C31H34F3N3O4S/c32-31(33,34)23-9-6-12-25(18-23)42(39,40)37-28(22-7-2-1-3-8-22)19-30(38)36-27-15-16-41-29-17-21(13-14-26(27)29)20-35-24-10-4-5-11-24/h1-3,6-9,12-14,17-18,24,27-28,35,37H,4-5,10-11,15-16,19-20H2,(H,36,38)/t27?,28-/m1/s1. The summed E-state index contributed by atoms with van der Waals surface area (Å²) >= 11 is 0. The molecule has 3 aromatic carbocycles. The number of rotatable bonds is 10. The van der Waals surface area contributed by atoms with Crippen LogP contribution in [0.1, 0.15) is 72.9 Å². The van der Waals surface area contributed by atoms with Crippen LogP contribution in [0.25, 0.3) is 0 Å². The number of carbonyl (C=O) groups is 1. The van der Waals surface area contributed by atoms with Crippen LogP contribution in [0.15, 0.2) is 77.7 Å². The van der Waals surface area contributed by atoms with Crippen molar-refractivity contribution in [2.24, 2.45) is 0 Å². The number of carbonyl (C=O) groups excluding carboxylic acids is 1. The predicted molar refractivity (Wildman–Crippen MR) is 152 cm³/mol. The first-order valence-corrected chi connectivity index (χ1v) is 15.6. The average Bonchev–Trinajstić information content (AvgIpc) is 3.50. The Balaban J connectivity index is 1.29. The Kier molecular flexibility index (Phi) is 9.19. The number of hydrogen-bond acceptors (Lipinski definition) is 5. The van der Waals surface area contributed by atoms with Gasteiger partial charge in [0.1, 0.15) is 5.75 Å². The first kappa shape index (κ1) is 30.1. The molecule has 0 saturated heterocycles. The Bertz CT molecular complexity index is 1490. The summed E-state index contributed by atoms with van der Waals surface area (Å²) in [4.78, 5) is 12.8. The van der Waals surface area contributed by atoms with Crippen molar-refractivity contribution in [1.82, 2.24) is 15.4 Å². The lowest BCUT2D eigenvalue weighted by Crippen LogP contribution is -2.36. The normalized spacial score (nSPS) is 18.2. The predicted octanol–water partition coefficient (Wildman–Crippen LogP) is 5.79. The molecule has 3 aromatic rings. The van der Waals surface area contributed by atoms with Gasteiger partial charge < -0.3 is 15.4 Å². The molecule has 1 heterocycles. The van der Waals surface area contributed by atoms with Crippen LogP contribution in [0, 0.1) is 0 Å². The Labute approximate surface area is 243 Å². The summed E-state index contributed by atoms with van der Waals surface area (Å²) in [7, 11) is -4.39. The third-order valence-corrected chi connectivity index (χ3v) is 9.23. The smallest absolute Gasteiger partial charge is 0.416 e. The van der Waals surface area contributed by atoms with Gasteiger partial charge in [-0.15, -0.1) is 0 Å². The molecule has 0 radical (unpaired) electrons. The lowest BCUT2D eigenvalue weighted by Gasteiger charge is -2.28. The minimum atomic E-state index is -4.70. The lowest BCUT2D eigenvalue weighted by molar-refractivity contribution is -0.137. The molecule has 5 rings (SSSR count). The zero-order valence-corrected chi connectivity index (χ0v) is 23.8. The first-order valence-electron chi connectivity index (χ1n) is 14.1. The Morgan fingerprint density at radius 3 is 2.45 bits per heavy atom. The number of benzene rings is 3.